The van der Waals surface area contributed by atoms with E-state index in [1.807, 2.05) is 12.1 Å². The normalized spacial score (nSPS) is 15.0. The van der Waals surface area contributed by atoms with Crippen LogP contribution in [0.4, 0.5) is 5.00 Å². The minimum absolute atomic E-state index is 0.151. The number of hydrogen-bond donors (Lipinski definition) is 3. The lowest BCUT2D eigenvalue weighted by Gasteiger charge is -2.02. The second kappa shape index (κ2) is 6.17. The lowest BCUT2D eigenvalue weighted by molar-refractivity contribution is -0.110. The van der Waals surface area contributed by atoms with Crippen LogP contribution < -0.4 is 10.6 Å². The van der Waals surface area contributed by atoms with Crippen molar-refractivity contribution in [3.63, 3.8) is 0 Å². The van der Waals surface area contributed by atoms with Crippen molar-refractivity contribution in [2.75, 3.05) is 25.6 Å². The third kappa shape index (κ3) is 2.81. The third-order valence-electron chi connectivity index (χ3n) is 3.23. The lowest BCUT2D eigenvalue weighted by Crippen LogP contribution is -2.26. The van der Waals surface area contributed by atoms with E-state index >= 15 is 0 Å². The highest BCUT2D eigenvalue weighted by Crippen LogP contribution is 2.39. The molecule has 3 heterocycles. The van der Waals surface area contributed by atoms with Gasteiger partial charge in [-0.3, -0.25) is 9.59 Å². The van der Waals surface area contributed by atoms with Gasteiger partial charge in [0.25, 0.3) is 11.8 Å². The number of methoxy groups -OCH3 is 1. The van der Waals surface area contributed by atoms with E-state index in [1.165, 1.54) is 11.3 Å². The summed E-state index contributed by atoms with van der Waals surface area (Å²) in [6.45, 7) is 0.918. The highest BCUT2D eigenvalue weighted by molar-refractivity contribution is 7.18. The molecule has 3 rings (SSSR count). The maximum absolute atomic E-state index is 12.0. The zero-order chi connectivity index (χ0) is 15.5. The summed E-state index contributed by atoms with van der Waals surface area (Å²) in [4.78, 5) is 27.6. The first-order chi connectivity index (χ1) is 10.7. The molecule has 0 radical (unpaired) electrons. The standard InChI is InChI=1S/C15H15N3O3S/c1-21-6-5-17-14(20)12-8-11-10(7-9-3-2-4-16-9)13(19)18-15(11)22-12/h2-4,7-8,16H,5-6H2,1H3,(H,17,20)(H,18,19)/b10-7-. The van der Waals surface area contributed by atoms with Crippen LogP contribution in [0.1, 0.15) is 20.9 Å². The zero-order valence-corrected chi connectivity index (χ0v) is 12.8. The van der Waals surface area contributed by atoms with E-state index in [2.05, 4.69) is 15.6 Å². The molecule has 0 aliphatic carbocycles. The Morgan fingerprint density at radius 1 is 1.50 bits per heavy atom. The van der Waals surface area contributed by atoms with E-state index in [1.54, 1.807) is 25.4 Å². The predicted octanol–water partition coefficient (Wildman–Crippen LogP) is 1.95. The van der Waals surface area contributed by atoms with E-state index in [4.69, 9.17) is 4.74 Å². The first kappa shape index (κ1) is 14.6. The zero-order valence-electron chi connectivity index (χ0n) is 11.9. The molecule has 114 valence electrons. The quantitative estimate of drug-likeness (QED) is 0.582. The Kier molecular flexibility index (Phi) is 4.08. The van der Waals surface area contributed by atoms with Crippen molar-refractivity contribution in [2.24, 2.45) is 0 Å². The number of anilines is 1. The number of thiophene rings is 1. The number of aromatic amines is 1. The van der Waals surface area contributed by atoms with Gasteiger partial charge in [-0.05, 0) is 24.3 Å². The fraction of sp³-hybridized carbons (Fsp3) is 0.200. The number of aromatic nitrogens is 1. The number of carbonyl (C=O) groups excluding carboxylic acids is 2. The van der Waals surface area contributed by atoms with E-state index < -0.39 is 0 Å². The van der Waals surface area contributed by atoms with Crippen LogP contribution in [0.15, 0.2) is 24.4 Å². The van der Waals surface area contributed by atoms with Gasteiger partial charge in [0.2, 0.25) is 0 Å². The Morgan fingerprint density at radius 3 is 3.09 bits per heavy atom. The Hall–Kier alpha value is -2.38. The Balaban J connectivity index is 1.83. The second-order valence-corrected chi connectivity index (χ2v) is 5.79. The van der Waals surface area contributed by atoms with Gasteiger partial charge in [0.05, 0.1) is 17.1 Å². The average Bonchev–Trinajstić information content (AvgIpc) is 3.18. The Labute approximate surface area is 131 Å². The molecule has 0 aromatic carbocycles. The van der Waals surface area contributed by atoms with E-state index in [0.717, 1.165) is 11.3 Å². The molecule has 0 saturated carbocycles. The number of amides is 2. The topological polar surface area (TPSA) is 83.2 Å². The number of hydrogen-bond acceptors (Lipinski definition) is 4. The minimum Gasteiger partial charge on any atom is -0.383 e. The van der Waals surface area contributed by atoms with Crippen LogP contribution in [0.5, 0.6) is 0 Å². The van der Waals surface area contributed by atoms with Crippen LogP contribution >= 0.6 is 11.3 Å². The molecule has 0 atom stereocenters. The average molecular weight is 317 g/mol. The third-order valence-corrected chi connectivity index (χ3v) is 4.28. The molecule has 7 heteroatoms. The molecular formula is C15H15N3O3S. The van der Waals surface area contributed by atoms with Gasteiger partial charge in [-0.1, -0.05) is 0 Å². The van der Waals surface area contributed by atoms with Crippen molar-refractivity contribution in [1.29, 1.82) is 0 Å². The molecule has 0 fully saturated rings. The highest BCUT2D eigenvalue weighted by atomic mass is 32.1. The van der Waals surface area contributed by atoms with Gasteiger partial charge in [0.1, 0.15) is 5.00 Å². The summed E-state index contributed by atoms with van der Waals surface area (Å²) >= 11 is 1.27. The maximum atomic E-state index is 12.0. The molecule has 0 unspecified atom stereocenters. The number of fused-ring (bicyclic) bond motifs is 1. The molecule has 0 bridgehead atoms. The number of nitrogens with one attached hydrogen (secondary N) is 3. The summed E-state index contributed by atoms with van der Waals surface area (Å²) in [5, 5.41) is 6.27. The van der Waals surface area contributed by atoms with Gasteiger partial charge in [-0.15, -0.1) is 11.3 Å². The van der Waals surface area contributed by atoms with Gasteiger partial charge in [-0.2, -0.15) is 0 Å². The molecule has 1 aliphatic rings. The van der Waals surface area contributed by atoms with E-state index in [9.17, 15) is 9.59 Å². The molecule has 6 nitrogen and oxygen atoms in total. The second-order valence-electron chi connectivity index (χ2n) is 4.74. The monoisotopic (exact) mass is 317 g/mol. The van der Waals surface area contributed by atoms with Crippen LogP contribution in [0.2, 0.25) is 0 Å². The van der Waals surface area contributed by atoms with Crippen LogP contribution in [-0.4, -0.2) is 37.1 Å². The van der Waals surface area contributed by atoms with Gasteiger partial charge < -0.3 is 20.4 Å². The Bertz CT molecular complexity index is 731. The molecule has 3 N–H and O–H groups in total. The summed E-state index contributed by atoms with van der Waals surface area (Å²) in [5.41, 5.74) is 2.17. The molecular weight excluding hydrogens is 302 g/mol. The van der Waals surface area contributed by atoms with E-state index in [-0.39, 0.29) is 11.8 Å². The summed E-state index contributed by atoms with van der Waals surface area (Å²) in [7, 11) is 1.58. The predicted molar refractivity (Wildman–Crippen MR) is 85.8 cm³/mol. The van der Waals surface area contributed by atoms with Crippen LogP contribution in [0.25, 0.3) is 11.6 Å². The van der Waals surface area contributed by atoms with Gasteiger partial charge in [0, 0.05) is 31.1 Å². The first-order valence-corrected chi connectivity index (χ1v) is 7.58. The molecule has 2 aromatic heterocycles. The van der Waals surface area contributed by atoms with Gasteiger partial charge >= 0.3 is 0 Å². The van der Waals surface area contributed by atoms with Gasteiger partial charge in [0.15, 0.2) is 0 Å². The lowest BCUT2D eigenvalue weighted by atomic mass is 10.1. The fourth-order valence-corrected chi connectivity index (χ4v) is 3.16. The smallest absolute Gasteiger partial charge is 0.261 e. The maximum Gasteiger partial charge on any atom is 0.261 e. The van der Waals surface area contributed by atoms with Crippen molar-refractivity contribution >= 4 is 39.8 Å². The number of carbonyl (C=O) groups is 2. The summed E-state index contributed by atoms with van der Waals surface area (Å²) in [6.07, 6.45) is 3.57. The number of rotatable bonds is 5. The van der Waals surface area contributed by atoms with E-state index in [0.29, 0.717) is 28.6 Å². The first-order valence-electron chi connectivity index (χ1n) is 6.77. The van der Waals surface area contributed by atoms with Crippen molar-refractivity contribution in [3.05, 3.63) is 40.5 Å². The number of ether oxygens (including phenoxy) is 1. The van der Waals surface area contributed by atoms with Crippen molar-refractivity contribution in [2.45, 2.75) is 0 Å². The Morgan fingerprint density at radius 2 is 2.36 bits per heavy atom. The summed E-state index contributed by atoms with van der Waals surface area (Å²) in [6, 6.07) is 5.49. The van der Waals surface area contributed by atoms with Crippen LogP contribution in [0, 0.1) is 0 Å². The van der Waals surface area contributed by atoms with Gasteiger partial charge in [-0.25, -0.2) is 0 Å². The molecule has 0 spiro atoms. The highest BCUT2D eigenvalue weighted by Gasteiger charge is 2.28. The van der Waals surface area contributed by atoms with Crippen molar-refractivity contribution in [1.82, 2.24) is 10.3 Å². The number of H-pyrrole nitrogens is 1. The van der Waals surface area contributed by atoms with Crippen LogP contribution in [-0.2, 0) is 9.53 Å². The molecule has 1 aliphatic heterocycles. The SMILES string of the molecule is COCCNC(=O)c1cc2c(s1)NC(=O)/C2=C\c1ccc[nH]1. The molecule has 0 saturated heterocycles. The van der Waals surface area contributed by atoms with Crippen molar-refractivity contribution in [3.8, 4) is 0 Å². The van der Waals surface area contributed by atoms with Crippen LogP contribution in [0.3, 0.4) is 0 Å². The summed E-state index contributed by atoms with van der Waals surface area (Å²) < 4.78 is 4.90. The van der Waals surface area contributed by atoms with Crippen molar-refractivity contribution < 1.29 is 14.3 Å². The largest absolute Gasteiger partial charge is 0.383 e. The fourth-order valence-electron chi connectivity index (χ4n) is 2.18. The molecule has 2 amide bonds. The minimum atomic E-state index is -0.162. The summed E-state index contributed by atoms with van der Waals surface area (Å²) in [5.74, 6) is -0.313. The molecule has 2 aromatic rings. The molecule has 22 heavy (non-hydrogen) atoms.